The molecule has 82 valence electrons. The third-order valence-electron chi connectivity index (χ3n) is 2.22. The van der Waals surface area contributed by atoms with E-state index in [1.807, 2.05) is 0 Å². The third kappa shape index (κ3) is 3.40. The molecule has 0 heterocycles. The zero-order valence-electron chi connectivity index (χ0n) is 8.68. The summed E-state index contributed by atoms with van der Waals surface area (Å²) >= 11 is 0. The van der Waals surface area contributed by atoms with Gasteiger partial charge in [0.05, 0.1) is 6.04 Å². The van der Waals surface area contributed by atoms with E-state index in [0.717, 1.165) is 6.07 Å². The molecule has 4 heteroatoms. The predicted molar refractivity (Wildman–Crippen MR) is 53.6 cm³/mol. The van der Waals surface area contributed by atoms with Gasteiger partial charge >= 0.3 is 0 Å². The van der Waals surface area contributed by atoms with E-state index in [4.69, 9.17) is 0 Å². The number of Topliss-reactive ketones (excluding diaryl/α,β-unsaturated/α-hetero) is 1. The average Bonchev–Trinajstić information content (AvgIpc) is 2.14. The highest BCUT2D eigenvalue weighted by atomic mass is 19.1. The van der Waals surface area contributed by atoms with E-state index < -0.39 is 11.6 Å². The summed E-state index contributed by atoms with van der Waals surface area (Å²) in [5.74, 6) is -1.41. The Morgan fingerprint density at radius 1 is 1.33 bits per heavy atom. The molecule has 0 aliphatic heterocycles. The van der Waals surface area contributed by atoms with Crippen molar-refractivity contribution >= 4 is 5.78 Å². The molecule has 0 aromatic heterocycles. The second-order valence-electron chi connectivity index (χ2n) is 3.43. The van der Waals surface area contributed by atoms with Crippen molar-refractivity contribution in [2.45, 2.75) is 19.4 Å². The summed E-state index contributed by atoms with van der Waals surface area (Å²) in [7, 11) is 1.66. The predicted octanol–water partition coefficient (Wildman–Crippen LogP) is 1.68. The number of nitrogens with one attached hydrogen (secondary N) is 1. The third-order valence-corrected chi connectivity index (χ3v) is 2.22. The van der Waals surface area contributed by atoms with Gasteiger partial charge in [-0.15, -0.1) is 0 Å². The molecule has 0 amide bonds. The van der Waals surface area contributed by atoms with Crippen molar-refractivity contribution < 1.29 is 13.6 Å². The quantitative estimate of drug-likeness (QED) is 0.824. The highest BCUT2D eigenvalue weighted by molar-refractivity contribution is 5.85. The molecule has 0 spiro atoms. The number of likely N-dealkylation sites (N-methyl/N-ethyl adjacent to an activating group) is 1. The van der Waals surface area contributed by atoms with Crippen LogP contribution in [0.25, 0.3) is 0 Å². The second-order valence-corrected chi connectivity index (χ2v) is 3.43. The number of ketones is 1. The van der Waals surface area contributed by atoms with E-state index in [1.165, 1.54) is 12.1 Å². The number of rotatable bonds is 4. The van der Waals surface area contributed by atoms with E-state index in [0.29, 0.717) is 5.56 Å². The normalized spacial score (nSPS) is 12.5. The molecule has 0 radical (unpaired) electrons. The maximum absolute atomic E-state index is 12.8. The summed E-state index contributed by atoms with van der Waals surface area (Å²) in [5.41, 5.74) is 0.361. The Balaban J connectivity index is 2.76. The smallest absolute Gasteiger partial charge is 0.153 e. The lowest BCUT2D eigenvalue weighted by Gasteiger charge is -2.08. The van der Waals surface area contributed by atoms with Gasteiger partial charge in [-0.05, 0) is 31.7 Å². The number of halogens is 2. The fourth-order valence-electron chi connectivity index (χ4n) is 1.23. The lowest BCUT2D eigenvalue weighted by Crippen LogP contribution is -2.31. The van der Waals surface area contributed by atoms with Crippen LogP contribution in [0.2, 0.25) is 0 Å². The summed E-state index contributed by atoms with van der Waals surface area (Å²) in [6.45, 7) is 1.71. The first-order chi connectivity index (χ1) is 7.02. The molecule has 1 N–H and O–H groups in total. The molecule has 15 heavy (non-hydrogen) atoms. The monoisotopic (exact) mass is 213 g/mol. The van der Waals surface area contributed by atoms with Crippen molar-refractivity contribution in [3.05, 3.63) is 35.4 Å². The number of hydrogen-bond donors (Lipinski definition) is 1. The highest BCUT2D eigenvalue weighted by Crippen LogP contribution is 2.09. The van der Waals surface area contributed by atoms with Gasteiger partial charge in [0.1, 0.15) is 11.6 Å². The fourth-order valence-corrected chi connectivity index (χ4v) is 1.23. The van der Waals surface area contributed by atoms with Gasteiger partial charge in [-0.2, -0.15) is 0 Å². The lowest BCUT2D eigenvalue weighted by molar-refractivity contribution is -0.119. The van der Waals surface area contributed by atoms with E-state index in [1.54, 1.807) is 14.0 Å². The molecule has 1 aromatic rings. The van der Waals surface area contributed by atoms with Gasteiger partial charge in [0, 0.05) is 12.5 Å². The van der Waals surface area contributed by atoms with Crippen LogP contribution in [-0.4, -0.2) is 18.9 Å². The van der Waals surface area contributed by atoms with E-state index in [-0.39, 0.29) is 18.2 Å². The largest absolute Gasteiger partial charge is 0.311 e. The molecule has 1 aromatic carbocycles. The molecule has 0 aliphatic carbocycles. The van der Waals surface area contributed by atoms with Gasteiger partial charge in [0.2, 0.25) is 0 Å². The first kappa shape index (κ1) is 11.8. The first-order valence-electron chi connectivity index (χ1n) is 4.68. The fraction of sp³-hybridized carbons (Fsp3) is 0.364. The molecule has 2 nitrogen and oxygen atoms in total. The topological polar surface area (TPSA) is 29.1 Å². The van der Waals surface area contributed by atoms with Gasteiger partial charge in [0.15, 0.2) is 5.78 Å². The van der Waals surface area contributed by atoms with Crippen molar-refractivity contribution in [1.82, 2.24) is 5.32 Å². The van der Waals surface area contributed by atoms with Crippen molar-refractivity contribution in [2.75, 3.05) is 7.05 Å². The molecule has 1 atom stereocenters. The zero-order chi connectivity index (χ0) is 11.4. The van der Waals surface area contributed by atoms with Crippen LogP contribution in [0.4, 0.5) is 8.78 Å². The van der Waals surface area contributed by atoms with Crippen LogP contribution < -0.4 is 5.32 Å². The minimum Gasteiger partial charge on any atom is -0.311 e. The number of carbonyl (C=O) groups is 1. The van der Waals surface area contributed by atoms with Crippen LogP contribution in [0.5, 0.6) is 0 Å². The standard InChI is InChI=1S/C11H13F2NO/c1-7(14-2)11(15)5-8-3-9(12)6-10(13)4-8/h3-4,6-7,14H,5H2,1-2H3. The van der Waals surface area contributed by atoms with Crippen molar-refractivity contribution in [3.8, 4) is 0 Å². The molecule has 1 unspecified atom stereocenters. The van der Waals surface area contributed by atoms with Gasteiger partial charge in [-0.25, -0.2) is 8.78 Å². The molecular formula is C11H13F2NO. The highest BCUT2D eigenvalue weighted by Gasteiger charge is 2.12. The van der Waals surface area contributed by atoms with Crippen LogP contribution >= 0.6 is 0 Å². The first-order valence-corrected chi connectivity index (χ1v) is 4.68. The van der Waals surface area contributed by atoms with Crippen LogP contribution in [0.15, 0.2) is 18.2 Å². The van der Waals surface area contributed by atoms with Gasteiger partial charge < -0.3 is 5.32 Å². The zero-order valence-corrected chi connectivity index (χ0v) is 8.68. The maximum Gasteiger partial charge on any atom is 0.153 e. The molecule has 1 rings (SSSR count). The van der Waals surface area contributed by atoms with Gasteiger partial charge in [-0.3, -0.25) is 4.79 Å². The molecule has 0 saturated carbocycles. The summed E-state index contributed by atoms with van der Waals surface area (Å²) < 4.78 is 25.6. The van der Waals surface area contributed by atoms with Crippen LogP contribution in [-0.2, 0) is 11.2 Å². The van der Waals surface area contributed by atoms with Crippen molar-refractivity contribution in [3.63, 3.8) is 0 Å². The molecule has 0 bridgehead atoms. The minimum absolute atomic E-state index is 0.0384. The van der Waals surface area contributed by atoms with E-state index >= 15 is 0 Å². The van der Waals surface area contributed by atoms with Crippen LogP contribution in [0, 0.1) is 11.6 Å². The van der Waals surface area contributed by atoms with Crippen molar-refractivity contribution in [2.24, 2.45) is 0 Å². The van der Waals surface area contributed by atoms with Gasteiger partial charge in [0.25, 0.3) is 0 Å². The van der Waals surface area contributed by atoms with E-state index in [9.17, 15) is 13.6 Å². The number of carbonyl (C=O) groups excluding carboxylic acids is 1. The second kappa shape index (κ2) is 4.98. The van der Waals surface area contributed by atoms with Gasteiger partial charge in [-0.1, -0.05) is 0 Å². The molecule has 0 fully saturated rings. The van der Waals surface area contributed by atoms with Crippen LogP contribution in [0.1, 0.15) is 12.5 Å². The van der Waals surface area contributed by atoms with Crippen molar-refractivity contribution in [1.29, 1.82) is 0 Å². The molecular weight excluding hydrogens is 200 g/mol. The summed E-state index contributed by atoms with van der Waals surface area (Å²) in [6, 6.07) is 2.82. The van der Waals surface area contributed by atoms with Crippen LogP contribution in [0.3, 0.4) is 0 Å². The Hall–Kier alpha value is -1.29. The van der Waals surface area contributed by atoms with E-state index in [2.05, 4.69) is 5.32 Å². The Labute approximate surface area is 87.3 Å². The lowest BCUT2D eigenvalue weighted by atomic mass is 10.0. The maximum atomic E-state index is 12.8. The summed E-state index contributed by atoms with van der Waals surface area (Å²) in [4.78, 5) is 11.5. The molecule has 0 saturated heterocycles. The Bertz CT molecular complexity index is 345. The minimum atomic E-state index is -0.657. The average molecular weight is 213 g/mol. The summed E-state index contributed by atoms with van der Waals surface area (Å²) in [5, 5.41) is 2.78. The summed E-state index contributed by atoms with van der Waals surface area (Å²) in [6.07, 6.45) is 0.0384. The Morgan fingerprint density at radius 2 is 1.87 bits per heavy atom. The Kier molecular flexibility index (Phi) is 3.91. The number of hydrogen-bond acceptors (Lipinski definition) is 2. The molecule has 0 aliphatic rings. The Morgan fingerprint density at radius 3 is 2.33 bits per heavy atom. The number of benzene rings is 1. The SMILES string of the molecule is CNC(C)C(=O)Cc1cc(F)cc(F)c1.